The van der Waals surface area contributed by atoms with E-state index in [1.165, 1.54) is 16.8 Å². The minimum absolute atomic E-state index is 0.0414. The number of nitrogens with one attached hydrogen (secondary N) is 1. The van der Waals surface area contributed by atoms with Gasteiger partial charge in [0.15, 0.2) is 5.69 Å². The summed E-state index contributed by atoms with van der Waals surface area (Å²) >= 11 is 5.99. The molecule has 1 amide bonds. The summed E-state index contributed by atoms with van der Waals surface area (Å²) in [6, 6.07) is 10.3. The lowest BCUT2D eigenvalue weighted by atomic mass is 10.1. The smallest absolute Gasteiger partial charge is 0.383 e. The molecule has 2 heterocycles. The number of amides is 1. The number of alkyl halides is 3. The number of carbonyl (C=O) groups excluding carboxylic acids is 1. The highest BCUT2D eigenvalue weighted by Crippen LogP contribution is 2.33. The van der Waals surface area contributed by atoms with Crippen LogP contribution >= 0.6 is 11.6 Å². The minimum Gasteiger partial charge on any atom is -0.383 e. The molecule has 30 heavy (non-hydrogen) atoms. The van der Waals surface area contributed by atoms with Crippen molar-refractivity contribution in [1.29, 1.82) is 0 Å². The van der Waals surface area contributed by atoms with Crippen molar-refractivity contribution in [1.82, 2.24) is 14.8 Å². The molecule has 3 rings (SSSR count). The maximum absolute atomic E-state index is 13.0. The summed E-state index contributed by atoms with van der Waals surface area (Å²) in [6.07, 6.45) is -4.57. The molecule has 1 aromatic carbocycles. The second-order valence-corrected chi connectivity index (χ2v) is 6.20. The van der Waals surface area contributed by atoms with Crippen molar-refractivity contribution in [2.45, 2.75) is 33.5 Å². The summed E-state index contributed by atoms with van der Waals surface area (Å²) in [6.45, 7) is 5.88. The minimum atomic E-state index is -4.57. The highest BCUT2D eigenvalue weighted by molar-refractivity contribution is 6.34. The van der Waals surface area contributed by atoms with E-state index >= 15 is 0 Å². The molecule has 0 bridgehead atoms. The number of rotatable bonds is 4. The maximum atomic E-state index is 13.0. The number of nitrogens with zero attached hydrogens (tertiary/aromatic N) is 3. The number of benzene rings is 1. The van der Waals surface area contributed by atoms with Gasteiger partial charge in [0.1, 0.15) is 11.6 Å². The van der Waals surface area contributed by atoms with Crippen molar-refractivity contribution in [3.05, 3.63) is 58.7 Å². The van der Waals surface area contributed by atoms with Gasteiger partial charge in [-0.25, -0.2) is 4.98 Å². The second-order valence-electron chi connectivity index (χ2n) is 5.79. The number of pyridine rings is 1. The molecule has 0 fully saturated rings. The Balaban J connectivity index is 0.00000155. The van der Waals surface area contributed by atoms with Gasteiger partial charge in [0.25, 0.3) is 5.91 Å². The Hall–Kier alpha value is -3.07. The highest BCUT2D eigenvalue weighted by atomic mass is 35.5. The van der Waals surface area contributed by atoms with Crippen LogP contribution in [0.3, 0.4) is 0 Å². The quantitative estimate of drug-likeness (QED) is 0.562. The first-order valence-electron chi connectivity index (χ1n) is 9.18. The number of aromatic nitrogens is 3. The van der Waals surface area contributed by atoms with Crippen LogP contribution in [0.25, 0.3) is 11.3 Å². The zero-order chi connectivity index (χ0) is 22.5. The van der Waals surface area contributed by atoms with Gasteiger partial charge in [-0.3, -0.25) is 9.48 Å². The largest absolute Gasteiger partial charge is 0.435 e. The SMILES string of the molecule is CC.CCn1nc(C(F)(F)F)cc1-c1ccc(NC(=O)c2ccccc2Cl)nc1N. The van der Waals surface area contributed by atoms with Crippen LogP contribution in [0.15, 0.2) is 42.5 Å². The first-order valence-corrected chi connectivity index (χ1v) is 9.56. The molecule has 6 nitrogen and oxygen atoms in total. The number of nitrogens with two attached hydrogens (primary N) is 1. The topological polar surface area (TPSA) is 85.8 Å². The molecule has 0 aliphatic rings. The van der Waals surface area contributed by atoms with Crippen molar-refractivity contribution in [2.75, 3.05) is 11.1 Å². The summed E-state index contributed by atoms with van der Waals surface area (Å²) in [5.41, 5.74) is 5.63. The lowest BCUT2D eigenvalue weighted by Crippen LogP contribution is -2.14. The van der Waals surface area contributed by atoms with Gasteiger partial charge in [-0.1, -0.05) is 37.6 Å². The predicted octanol–water partition coefficient (Wildman–Crippen LogP) is 5.50. The van der Waals surface area contributed by atoms with Gasteiger partial charge in [0.05, 0.1) is 16.3 Å². The van der Waals surface area contributed by atoms with Crippen LogP contribution in [-0.2, 0) is 12.7 Å². The fourth-order valence-corrected chi connectivity index (χ4v) is 2.82. The lowest BCUT2D eigenvalue weighted by molar-refractivity contribution is -0.141. The van der Waals surface area contributed by atoms with Gasteiger partial charge >= 0.3 is 6.18 Å². The maximum Gasteiger partial charge on any atom is 0.435 e. The fourth-order valence-electron chi connectivity index (χ4n) is 2.60. The average molecular weight is 440 g/mol. The molecule has 3 aromatic rings. The third-order valence-electron chi connectivity index (χ3n) is 3.93. The molecule has 3 N–H and O–H groups in total. The third kappa shape index (κ3) is 5.10. The van der Waals surface area contributed by atoms with Crippen molar-refractivity contribution in [3.8, 4) is 11.3 Å². The van der Waals surface area contributed by atoms with Gasteiger partial charge < -0.3 is 11.1 Å². The average Bonchev–Trinajstić information content (AvgIpc) is 3.14. The van der Waals surface area contributed by atoms with Gasteiger partial charge in [0.2, 0.25) is 0 Å². The van der Waals surface area contributed by atoms with Crippen molar-refractivity contribution in [3.63, 3.8) is 0 Å². The van der Waals surface area contributed by atoms with Gasteiger partial charge in [-0.2, -0.15) is 18.3 Å². The van der Waals surface area contributed by atoms with E-state index in [0.29, 0.717) is 0 Å². The molecular weight excluding hydrogens is 419 g/mol. The van der Waals surface area contributed by atoms with E-state index < -0.39 is 17.8 Å². The van der Waals surface area contributed by atoms with E-state index in [-0.39, 0.29) is 40.0 Å². The Morgan fingerprint density at radius 3 is 2.43 bits per heavy atom. The van der Waals surface area contributed by atoms with Crippen LogP contribution in [-0.4, -0.2) is 20.7 Å². The van der Waals surface area contributed by atoms with E-state index in [2.05, 4.69) is 15.4 Å². The zero-order valence-electron chi connectivity index (χ0n) is 16.6. The normalized spacial score (nSPS) is 10.9. The van der Waals surface area contributed by atoms with Crippen LogP contribution in [0.4, 0.5) is 24.8 Å². The van der Waals surface area contributed by atoms with Crippen LogP contribution < -0.4 is 11.1 Å². The first-order chi connectivity index (χ1) is 14.2. The first kappa shape index (κ1) is 23.2. The van der Waals surface area contributed by atoms with Crippen molar-refractivity contribution < 1.29 is 18.0 Å². The van der Waals surface area contributed by atoms with Crippen molar-refractivity contribution in [2.24, 2.45) is 0 Å². The molecule has 0 aliphatic carbocycles. The van der Waals surface area contributed by atoms with Gasteiger partial charge in [0, 0.05) is 12.1 Å². The monoisotopic (exact) mass is 439 g/mol. The molecule has 2 aromatic heterocycles. The highest BCUT2D eigenvalue weighted by Gasteiger charge is 2.35. The Bertz CT molecular complexity index is 1030. The molecule has 160 valence electrons. The summed E-state index contributed by atoms with van der Waals surface area (Å²) < 4.78 is 40.1. The molecule has 0 radical (unpaired) electrons. The number of hydrogen-bond donors (Lipinski definition) is 2. The van der Waals surface area contributed by atoms with Gasteiger partial charge in [-0.05, 0) is 37.3 Å². The number of halogens is 4. The van der Waals surface area contributed by atoms with Crippen LogP contribution in [0, 0.1) is 0 Å². The molecule has 0 aliphatic heterocycles. The Morgan fingerprint density at radius 1 is 1.20 bits per heavy atom. The molecule has 0 saturated carbocycles. The number of aryl methyl sites for hydroxylation is 1. The summed E-state index contributed by atoms with van der Waals surface area (Å²) in [4.78, 5) is 16.4. The Kier molecular flexibility index (Phi) is 7.44. The Labute approximate surface area is 176 Å². The zero-order valence-corrected chi connectivity index (χ0v) is 17.3. The number of carbonyl (C=O) groups is 1. The lowest BCUT2D eigenvalue weighted by Gasteiger charge is -2.10. The standard InChI is InChI=1S/C18H15ClF3N5O.C2H6/c1-2-27-13(9-14(26-27)18(20,21)22)11-7-8-15(24-16(11)23)25-17(28)10-5-3-4-6-12(10)19;1-2/h3-9H,2H2,1H3,(H3,23,24,25,28);1-2H3. The second kappa shape index (κ2) is 9.62. The number of nitrogen functional groups attached to an aromatic ring is 1. The fraction of sp³-hybridized carbons (Fsp3) is 0.250. The van der Waals surface area contributed by atoms with E-state index in [4.69, 9.17) is 17.3 Å². The predicted molar refractivity (Wildman–Crippen MR) is 111 cm³/mol. The van der Waals surface area contributed by atoms with E-state index in [9.17, 15) is 18.0 Å². The summed E-state index contributed by atoms with van der Waals surface area (Å²) in [5, 5.41) is 6.40. The van der Waals surface area contributed by atoms with Gasteiger partial charge in [-0.15, -0.1) is 0 Å². The Morgan fingerprint density at radius 2 is 1.87 bits per heavy atom. The number of anilines is 2. The number of hydrogen-bond acceptors (Lipinski definition) is 4. The summed E-state index contributed by atoms with van der Waals surface area (Å²) in [7, 11) is 0. The van der Waals surface area contributed by atoms with Crippen LogP contribution in [0.5, 0.6) is 0 Å². The molecule has 0 atom stereocenters. The molecule has 0 unspecified atom stereocenters. The third-order valence-corrected chi connectivity index (χ3v) is 4.26. The van der Waals surface area contributed by atoms with E-state index in [1.807, 2.05) is 13.8 Å². The molecular formula is C20H21ClF3N5O. The molecule has 0 saturated heterocycles. The molecule has 0 spiro atoms. The summed E-state index contributed by atoms with van der Waals surface area (Å²) in [5.74, 6) is -0.381. The van der Waals surface area contributed by atoms with E-state index in [1.54, 1.807) is 31.2 Å². The van der Waals surface area contributed by atoms with Crippen LogP contribution in [0.2, 0.25) is 5.02 Å². The van der Waals surface area contributed by atoms with Crippen molar-refractivity contribution >= 4 is 29.1 Å². The van der Waals surface area contributed by atoms with E-state index in [0.717, 1.165) is 6.07 Å². The molecule has 10 heteroatoms. The van der Waals surface area contributed by atoms with Crippen LogP contribution in [0.1, 0.15) is 36.8 Å².